The molecule has 0 aliphatic rings. The Labute approximate surface area is 127 Å². The maximum atomic E-state index is 13.2. The van der Waals surface area contributed by atoms with Gasteiger partial charge in [0.15, 0.2) is 0 Å². The second-order valence-corrected chi connectivity index (χ2v) is 4.74. The number of carbonyl (C=O) groups is 1. The first-order valence-electron chi connectivity index (χ1n) is 5.85. The minimum atomic E-state index is -4.89. The lowest BCUT2D eigenvalue weighted by molar-refractivity contribution is -0.139. The Morgan fingerprint density at radius 3 is 2.45 bits per heavy atom. The summed E-state index contributed by atoms with van der Waals surface area (Å²) in [5, 5.41) is 11.9. The van der Waals surface area contributed by atoms with Crippen LogP contribution < -0.4 is 5.32 Å². The van der Waals surface area contributed by atoms with E-state index in [0.717, 1.165) is 12.1 Å². The Kier molecular flexibility index (Phi) is 4.27. The van der Waals surface area contributed by atoms with Crippen molar-refractivity contribution in [3.05, 3.63) is 58.4 Å². The number of phenolic OH excluding ortho intramolecular Hbond substituents is 1. The van der Waals surface area contributed by atoms with Gasteiger partial charge in [0.2, 0.25) is 0 Å². The van der Waals surface area contributed by atoms with Gasteiger partial charge in [0.05, 0.1) is 11.1 Å². The SMILES string of the molecule is O=C(Nc1ccc(F)c(C(F)(F)F)c1)c1cc(Cl)ccc1O. The molecule has 2 N–H and O–H groups in total. The van der Waals surface area contributed by atoms with Crippen molar-refractivity contribution in [2.45, 2.75) is 6.18 Å². The lowest BCUT2D eigenvalue weighted by Gasteiger charge is -2.11. The molecule has 3 nitrogen and oxygen atoms in total. The van der Waals surface area contributed by atoms with Crippen LogP contribution in [0.1, 0.15) is 15.9 Å². The minimum absolute atomic E-state index is 0.165. The number of halogens is 5. The quantitative estimate of drug-likeness (QED) is 0.797. The predicted octanol–water partition coefficient (Wildman–Crippen LogP) is 4.46. The van der Waals surface area contributed by atoms with Gasteiger partial charge in [0.25, 0.3) is 5.91 Å². The molecule has 0 aliphatic heterocycles. The number of hydrogen-bond acceptors (Lipinski definition) is 2. The van der Waals surface area contributed by atoms with Crippen molar-refractivity contribution < 1.29 is 27.5 Å². The molecule has 0 saturated heterocycles. The highest BCUT2D eigenvalue weighted by Gasteiger charge is 2.34. The zero-order valence-electron chi connectivity index (χ0n) is 10.7. The van der Waals surface area contributed by atoms with Gasteiger partial charge in [-0.1, -0.05) is 11.6 Å². The van der Waals surface area contributed by atoms with Crippen molar-refractivity contribution in [3.63, 3.8) is 0 Å². The van der Waals surface area contributed by atoms with E-state index in [1.54, 1.807) is 0 Å². The van der Waals surface area contributed by atoms with E-state index in [9.17, 15) is 27.5 Å². The fraction of sp³-hybridized carbons (Fsp3) is 0.0714. The van der Waals surface area contributed by atoms with Crippen LogP contribution in [0.15, 0.2) is 36.4 Å². The van der Waals surface area contributed by atoms with Gasteiger partial charge in [-0.2, -0.15) is 13.2 Å². The highest BCUT2D eigenvalue weighted by atomic mass is 35.5. The molecule has 0 bridgehead atoms. The average Bonchev–Trinajstić information content (AvgIpc) is 2.42. The van der Waals surface area contributed by atoms with Gasteiger partial charge in [-0.3, -0.25) is 4.79 Å². The summed E-state index contributed by atoms with van der Waals surface area (Å²) < 4.78 is 50.9. The van der Waals surface area contributed by atoms with Crippen LogP contribution in [-0.4, -0.2) is 11.0 Å². The van der Waals surface area contributed by atoms with E-state index in [1.165, 1.54) is 12.1 Å². The maximum Gasteiger partial charge on any atom is 0.419 e. The van der Waals surface area contributed by atoms with E-state index in [1.807, 2.05) is 0 Å². The number of nitrogens with one attached hydrogen (secondary N) is 1. The molecule has 0 atom stereocenters. The Morgan fingerprint density at radius 2 is 1.82 bits per heavy atom. The average molecular weight is 334 g/mol. The number of anilines is 1. The van der Waals surface area contributed by atoms with Crippen LogP contribution in [0.2, 0.25) is 5.02 Å². The molecule has 0 spiro atoms. The smallest absolute Gasteiger partial charge is 0.419 e. The standard InChI is InChI=1S/C14H8ClF4NO2/c15-7-1-4-12(21)9(5-7)13(22)20-8-2-3-11(16)10(6-8)14(17,18)19/h1-6,21H,(H,20,22). The van der Waals surface area contributed by atoms with Crippen LogP contribution in [0.5, 0.6) is 5.75 Å². The van der Waals surface area contributed by atoms with E-state index in [4.69, 9.17) is 11.6 Å². The van der Waals surface area contributed by atoms with Crippen LogP contribution >= 0.6 is 11.6 Å². The Hall–Kier alpha value is -2.28. The molecule has 0 aliphatic carbocycles. The normalized spacial score (nSPS) is 11.3. The number of alkyl halides is 3. The van der Waals surface area contributed by atoms with Gasteiger partial charge in [0, 0.05) is 10.7 Å². The molecular formula is C14H8ClF4NO2. The summed E-state index contributed by atoms with van der Waals surface area (Å²) in [4.78, 5) is 11.9. The van der Waals surface area contributed by atoms with Gasteiger partial charge in [-0.05, 0) is 36.4 Å². The third-order valence-electron chi connectivity index (χ3n) is 2.73. The van der Waals surface area contributed by atoms with Crippen LogP contribution in [-0.2, 0) is 6.18 Å². The first-order valence-corrected chi connectivity index (χ1v) is 6.23. The summed E-state index contributed by atoms with van der Waals surface area (Å²) >= 11 is 5.68. The summed E-state index contributed by atoms with van der Waals surface area (Å²) in [7, 11) is 0. The fourth-order valence-corrected chi connectivity index (χ4v) is 1.88. The number of phenols is 1. The van der Waals surface area contributed by atoms with Gasteiger partial charge in [0.1, 0.15) is 11.6 Å². The van der Waals surface area contributed by atoms with E-state index in [2.05, 4.69) is 5.32 Å². The number of benzene rings is 2. The highest BCUT2D eigenvalue weighted by molar-refractivity contribution is 6.31. The number of hydrogen-bond donors (Lipinski definition) is 2. The summed E-state index contributed by atoms with van der Waals surface area (Å²) in [6.07, 6.45) is -4.89. The molecule has 0 aromatic heterocycles. The minimum Gasteiger partial charge on any atom is -0.507 e. The number of rotatable bonds is 2. The largest absolute Gasteiger partial charge is 0.507 e. The van der Waals surface area contributed by atoms with Crippen LogP contribution in [0.25, 0.3) is 0 Å². The third kappa shape index (κ3) is 3.48. The Balaban J connectivity index is 2.31. The number of amides is 1. The summed E-state index contributed by atoms with van der Waals surface area (Å²) in [6.45, 7) is 0. The zero-order valence-corrected chi connectivity index (χ0v) is 11.5. The van der Waals surface area contributed by atoms with Crippen molar-refractivity contribution in [1.29, 1.82) is 0 Å². The monoisotopic (exact) mass is 333 g/mol. The van der Waals surface area contributed by atoms with E-state index < -0.39 is 23.5 Å². The van der Waals surface area contributed by atoms with Gasteiger partial charge in [-0.25, -0.2) is 4.39 Å². The molecule has 2 aromatic carbocycles. The first-order chi connectivity index (χ1) is 10.2. The summed E-state index contributed by atoms with van der Waals surface area (Å²) in [5.74, 6) is -2.71. The van der Waals surface area contributed by atoms with Gasteiger partial charge in [-0.15, -0.1) is 0 Å². The van der Waals surface area contributed by atoms with Crippen molar-refractivity contribution in [2.75, 3.05) is 5.32 Å². The van der Waals surface area contributed by atoms with E-state index in [0.29, 0.717) is 12.1 Å². The molecule has 8 heteroatoms. The lowest BCUT2D eigenvalue weighted by atomic mass is 10.1. The molecule has 0 heterocycles. The molecule has 22 heavy (non-hydrogen) atoms. The molecule has 116 valence electrons. The summed E-state index contributed by atoms with van der Waals surface area (Å²) in [5.41, 5.74) is -1.98. The Bertz CT molecular complexity index is 731. The fourth-order valence-electron chi connectivity index (χ4n) is 1.71. The highest BCUT2D eigenvalue weighted by Crippen LogP contribution is 2.33. The van der Waals surface area contributed by atoms with Crippen molar-refractivity contribution in [3.8, 4) is 5.75 Å². The lowest BCUT2D eigenvalue weighted by Crippen LogP contribution is -2.14. The van der Waals surface area contributed by atoms with Crippen molar-refractivity contribution in [1.82, 2.24) is 0 Å². The maximum absolute atomic E-state index is 13.2. The van der Waals surface area contributed by atoms with Crippen molar-refractivity contribution in [2.24, 2.45) is 0 Å². The predicted molar refractivity (Wildman–Crippen MR) is 72.5 cm³/mol. The van der Waals surface area contributed by atoms with Crippen LogP contribution in [0.4, 0.5) is 23.2 Å². The van der Waals surface area contributed by atoms with Gasteiger partial charge >= 0.3 is 6.18 Å². The topological polar surface area (TPSA) is 49.3 Å². The first kappa shape index (κ1) is 16.1. The number of carbonyl (C=O) groups excluding carboxylic acids is 1. The van der Waals surface area contributed by atoms with E-state index in [-0.39, 0.29) is 22.0 Å². The molecule has 0 radical (unpaired) electrons. The Morgan fingerprint density at radius 1 is 1.14 bits per heavy atom. The zero-order chi connectivity index (χ0) is 16.5. The molecule has 0 fully saturated rings. The molecule has 2 aromatic rings. The molecule has 0 saturated carbocycles. The summed E-state index contributed by atoms with van der Waals surface area (Å²) in [6, 6.07) is 5.70. The van der Waals surface area contributed by atoms with Crippen molar-refractivity contribution >= 4 is 23.2 Å². The molecule has 1 amide bonds. The van der Waals surface area contributed by atoms with Crippen LogP contribution in [0.3, 0.4) is 0 Å². The third-order valence-corrected chi connectivity index (χ3v) is 2.97. The van der Waals surface area contributed by atoms with Gasteiger partial charge < -0.3 is 10.4 Å². The molecule has 2 rings (SSSR count). The van der Waals surface area contributed by atoms with Crippen LogP contribution in [0, 0.1) is 5.82 Å². The second-order valence-electron chi connectivity index (χ2n) is 4.31. The molecule has 0 unspecified atom stereocenters. The second kappa shape index (κ2) is 5.84. The van der Waals surface area contributed by atoms with E-state index >= 15 is 0 Å². The molecular weight excluding hydrogens is 326 g/mol. The number of aromatic hydroxyl groups is 1.